The number of benzene rings is 2. The molecule has 0 aliphatic rings. The predicted octanol–water partition coefficient (Wildman–Crippen LogP) is 2.98. The van der Waals surface area contributed by atoms with Crippen molar-refractivity contribution in [2.24, 2.45) is 5.14 Å². The lowest BCUT2D eigenvalue weighted by molar-refractivity contribution is 0.102. The van der Waals surface area contributed by atoms with E-state index in [9.17, 15) is 17.6 Å². The van der Waals surface area contributed by atoms with Crippen LogP contribution in [0.1, 0.15) is 10.4 Å². The molecule has 0 bridgehead atoms. The van der Waals surface area contributed by atoms with Crippen LogP contribution in [0.4, 0.5) is 15.9 Å². The maximum absolute atomic E-state index is 12.9. The molecule has 1 heterocycles. The molecule has 3 rings (SSSR count). The van der Waals surface area contributed by atoms with Gasteiger partial charge < -0.3 is 5.32 Å². The van der Waals surface area contributed by atoms with Crippen molar-refractivity contribution >= 4 is 39.1 Å². The summed E-state index contributed by atoms with van der Waals surface area (Å²) in [6, 6.07) is 12.9. The molecule has 0 saturated carbocycles. The summed E-state index contributed by atoms with van der Waals surface area (Å²) in [5, 5.41) is 8.48. The first-order valence-electron chi connectivity index (χ1n) is 7.96. The molecule has 0 amide bonds. The highest BCUT2D eigenvalue weighted by molar-refractivity contribution is 7.99. The van der Waals surface area contributed by atoms with Gasteiger partial charge in [-0.2, -0.15) is 0 Å². The number of hydrogen-bond donors (Lipinski definition) is 2. The van der Waals surface area contributed by atoms with E-state index in [1.54, 1.807) is 24.4 Å². The van der Waals surface area contributed by atoms with E-state index < -0.39 is 15.8 Å². The Hall–Kier alpha value is -2.82. The van der Waals surface area contributed by atoms with Crippen LogP contribution in [0.5, 0.6) is 0 Å². The average molecular weight is 418 g/mol. The van der Waals surface area contributed by atoms with Crippen LogP contribution in [0.25, 0.3) is 0 Å². The van der Waals surface area contributed by atoms with Gasteiger partial charge in [0.15, 0.2) is 10.9 Å². The van der Waals surface area contributed by atoms with Crippen LogP contribution in [-0.4, -0.2) is 29.9 Å². The molecule has 0 atom stereocenters. The molecule has 7 nitrogen and oxygen atoms in total. The first-order valence-corrected chi connectivity index (χ1v) is 10.5. The smallest absolute Gasteiger partial charge is 0.238 e. The number of nitrogens with zero attached hydrogens (tertiary/aromatic N) is 2. The van der Waals surface area contributed by atoms with Gasteiger partial charge in [0.1, 0.15) is 11.6 Å². The van der Waals surface area contributed by atoms with Gasteiger partial charge in [0.25, 0.3) is 0 Å². The largest absolute Gasteiger partial charge is 0.340 e. The molecule has 0 unspecified atom stereocenters. The number of anilines is 2. The highest BCUT2D eigenvalue weighted by Crippen LogP contribution is 2.20. The maximum Gasteiger partial charge on any atom is 0.238 e. The molecule has 144 valence electrons. The molecule has 0 aliphatic carbocycles. The summed E-state index contributed by atoms with van der Waals surface area (Å²) in [6.07, 6.45) is 1.54. The number of thioether (sulfide) groups is 1. The van der Waals surface area contributed by atoms with E-state index in [1.807, 2.05) is 0 Å². The Kier molecular flexibility index (Phi) is 6.02. The summed E-state index contributed by atoms with van der Waals surface area (Å²) in [6.45, 7) is 0. The zero-order valence-corrected chi connectivity index (χ0v) is 16.0. The lowest BCUT2D eigenvalue weighted by Gasteiger charge is -2.07. The first-order chi connectivity index (χ1) is 13.3. The SMILES string of the molecule is NS(=O)(=O)c1ccc(Nc2ccnc(SCC(=O)c3ccc(F)cc3)n2)cc1. The number of Topliss-reactive ketones (excluding diaryl/α,β-unsaturated/α-hetero) is 1. The van der Waals surface area contributed by atoms with Crippen LogP contribution in [-0.2, 0) is 10.0 Å². The third kappa shape index (κ3) is 5.35. The van der Waals surface area contributed by atoms with Crippen molar-refractivity contribution in [1.82, 2.24) is 9.97 Å². The van der Waals surface area contributed by atoms with Crippen LogP contribution in [0.3, 0.4) is 0 Å². The fourth-order valence-electron chi connectivity index (χ4n) is 2.21. The highest BCUT2D eigenvalue weighted by Gasteiger charge is 2.10. The molecule has 0 saturated heterocycles. The van der Waals surface area contributed by atoms with E-state index in [-0.39, 0.29) is 16.4 Å². The fraction of sp³-hybridized carbons (Fsp3) is 0.0556. The number of nitrogens with two attached hydrogens (primary N) is 1. The molecule has 3 aromatic rings. The lowest BCUT2D eigenvalue weighted by Crippen LogP contribution is -2.11. The molecule has 0 fully saturated rings. The molecule has 10 heteroatoms. The van der Waals surface area contributed by atoms with E-state index in [2.05, 4.69) is 15.3 Å². The number of nitrogens with one attached hydrogen (secondary N) is 1. The Labute approximate surface area is 165 Å². The zero-order chi connectivity index (χ0) is 20.1. The third-order valence-corrected chi connectivity index (χ3v) is 5.38. The second-order valence-corrected chi connectivity index (χ2v) is 8.14. The Bertz CT molecular complexity index is 1090. The Morgan fingerprint density at radius 3 is 2.39 bits per heavy atom. The lowest BCUT2D eigenvalue weighted by atomic mass is 10.1. The number of carbonyl (C=O) groups excluding carboxylic acids is 1. The molecular formula is C18H15FN4O3S2. The standard InChI is InChI=1S/C18H15FN4O3S2/c19-13-3-1-12(2-4-13)16(24)11-27-18-21-10-9-17(23-18)22-14-5-7-15(8-6-14)28(20,25)26/h1-10H,11H2,(H2,20,25,26)(H,21,22,23). The summed E-state index contributed by atoms with van der Waals surface area (Å²) in [4.78, 5) is 20.6. The number of carbonyl (C=O) groups is 1. The third-order valence-electron chi connectivity index (χ3n) is 3.59. The van der Waals surface area contributed by atoms with E-state index in [1.165, 1.54) is 36.4 Å². The van der Waals surface area contributed by atoms with Gasteiger partial charge in [-0.1, -0.05) is 11.8 Å². The van der Waals surface area contributed by atoms with Crippen molar-refractivity contribution in [2.45, 2.75) is 10.1 Å². The summed E-state index contributed by atoms with van der Waals surface area (Å²) in [5.41, 5.74) is 1.03. The Balaban J connectivity index is 1.63. The Morgan fingerprint density at radius 2 is 1.75 bits per heavy atom. The number of aromatic nitrogens is 2. The molecule has 1 aromatic heterocycles. The van der Waals surface area contributed by atoms with Gasteiger partial charge in [0.2, 0.25) is 10.0 Å². The van der Waals surface area contributed by atoms with Gasteiger partial charge in [-0.3, -0.25) is 4.79 Å². The second kappa shape index (κ2) is 8.46. The van der Waals surface area contributed by atoms with E-state index >= 15 is 0 Å². The van der Waals surface area contributed by atoms with Crippen molar-refractivity contribution in [2.75, 3.05) is 11.1 Å². The summed E-state index contributed by atoms with van der Waals surface area (Å²) < 4.78 is 35.5. The number of sulfonamides is 1. The van der Waals surface area contributed by atoms with Crippen LogP contribution in [0, 0.1) is 5.82 Å². The van der Waals surface area contributed by atoms with E-state index in [4.69, 9.17) is 5.14 Å². The van der Waals surface area contributed by atoms with Crippen molar-refractivity contribution in [1.29, 1.82) is 0 Å². The van der Waals surface area contributed by atoms with Gasteiger partial charge >= 0.3 is 0 Å². The summed E-state index contributed by atoms with van der Waals surface area (Å²) in [7, 11) is -3.75. The molecule has 0 aliphatic heterocycles. The van der Waals surface area contributed by atoms with Crippen LogP contribution in [0.2, 0.25) is 0 Å². The number of hydrogen-bond acceptors (Lipinski definition) is 7. The minimum atomic E-state index is -3.75. The van der Waals surface area contributed by atoms with Crippen molar-refractivity contribution < 1.29 is 17.6 Å². The van der Waals surface area contributed by atoms with Gasteiger partial charge in [-0.05, 0) is 54.6 Å². The van der Waals surface area contributed by atoms with Gasteiger partial charge in [0.05, 0.1) is 10.6 Å². The second-order valence-electron chi connectivity index (χ2n) is 5.64. The predicted molar refractivity (Wildman–Crippen MR) is 105 cm³/mol. The van der Waals surface area contributed by atoms with Crippen molar-refractivity contribution in [3.8, 4) is 0 Å². The van der Waals surface area contributed by atoms with Crippen LogP contribution < -0.4 is 10.5 Å². The molecule has 3 N–H and O–H groups in total. The van der Waals surface area contributed by atoms with E-state index in [0.717, 1.165) is 11.8 Å². The zero-order valence-electron chi connectivity index (χ0n) is 14.4. The number of halogens is 1. The summed E-state index contributed by atoms with van der Waals surface area (Å²) in [5.74, 6) is 0.0297. The Morgan fingerprint density at radius 1 is 1.07 bits per heavy atom. The van der Waals surface area contributed by atoms with Gasteiger partial charge in [-0.25, -0.2) is 27.9 Å². The van der Waals surface area contributed by atoms with Gasteiger partial charge in [-0.15, -0.1) is 0 Å². The van der Waals surface area contributed by atoms with Crippen LogP contribution in [0.15, 0.2) is 70.8 Å². The summed E-state index contributed by atoms with van der Waals surface area (Å²) >= 11 is 1.16. The van der Waals surface area contributed by atoms with Crippen molar-refractivity contribution in [3.63, 3.8) is 0 Å². The maximum atomic E-state index is 12.9. The monoisotopic (exact) mass is 418 g/mol. The molecule has 0 spiro atoms. The molecular weight excluding hydrogens is 403 g/mol. The normalized spacial score (nSPS) is 11.2. The fourth-order valence-corrected chi connectivity index (χ4v) is 3.45. The topological polar surface area (TPSA) is 115 Å². The van der Waals surface area contributed by atoms with Crippen LogP contribution >= 0.6 is 11.8 Å². The number of primary sulfonamides is 1. The van der Waals surface area contributed by atoms with Crippen molar-refractivity contribution in [3.05, 3.63) is 72.2 Å². The minimum absolute atomic E-state index is 0.0105. The number of rotatable bonds is 7. The highest BCUT2D eigenvalue weighted by atomic mass is 32.2. The van der Waals surface area contributed by atoms with E-state index in [0.29, 0.717) is 22.2 Å². The molecule has 0 radical (unpaired) electrons. The molecule has 28 heavy (non-hydrogen) atoms. The molecule has 2 aromatic carbocycles. The quantitative estimate of drug-likeness (QED) is 0.344. The van der Waals surface area contributed by atoms with Gasteiger partial charge in [0, 0.05) is 17.4 Å². The first kappa shape index (κ1) is 19.9. The minimum Gasteiger partial charge on any atom is -0.340 e. The average Bonchev–Trinajstić information content (AvgIpc) is 2.67. The number of ketones is 1.